The van der Waals surface area contributed by atoms with Crippen molar-refractivity contribution in [3.05, 3.63) is 59.5 Å². The van der Waals surface area contributed by atoms with E-state index < -0.39 is 0 Å². The van der Waals surface area contributed by atoms with Crippen LogP contribution in [0.1, 0.15) is 42.5 Å². The van der Waals surface area contributed by atoms with Crippen LogP contribution >= 0.6 is 11.8 Å². The van der Waals surface area contributed by atoms with Crippen molar-refractivity contribution < 1.29 is 4.79 Å². The molecule has 9 nitrogen and oxygen atoms in total. The topological polar surface area (TPSA) is 136 Å². The summed E-state index contributed by atoms with van der Waals surface area (Å²) >= 11 is 1.40. The average Bonchev–Trinajstić information content (AvgIpc) is 3.14. The van der Waals surface area contributed by atoms with E-state index in [0.29, 0.717) is 6.54 Å². The van der Waals surface area contributed by atoms with Gasteiger partial charge in [-0.15, -0.1) is 0 Å². The second kappa shape index (κ2) is 10.1. The van der Waals surface area contributed by atoms with Gasteiger partial charge in [0.15, 0.2) is 0 Å². The summed E-state index contributed by atoms with van der Waals surface area (Å²) < 4.78 is 0. The molecule has 5 N–H and O–H groups in total. The maximum absolute atomic E-state index is 11.7. The van der Waals surface area contributed by atoms with Gasteiger partial charge in [0, 0.05) is 43.4 Å². The first-order valence-electron chi connectivity index (χ1n) is 12.0. The Balaban J connectivity index is 1.22. The van der Waals surface area contributed by atoms with Crippen LogP contribution in [0.2, 0.25) is 0 Å². The summed E-state index contributed by atoms with van der Waals surface area (Å²) in [4.78, 5) is 31.3. The number of nitrogens with one attached hydrogen (secondary N) is 1. The number of amides is 1. The molecule has 1 aliphatic carbocycles. The van der Waals surface area contributed by atoms with Gasteiger partial charge in [-0.1, -0.05) is 12.0 Å². The monoisotopic (exact) mass is 500 g/mol. The first-order valence-corrected chi connectivity index (χ1v) is 12.8. The highest BCUT2D eigenvalue weighted by Crippen LogP contribution is 2.51. The van der Waals surface area contributed by atoms with Gasteiger partial charge >= 0.3 is 0 Å². The van der Waals surface area contributed by atoms with E-state index in [4.69, 9.17) is 11.5 Å². The molecule has 3 aromatic rings. The van der Waals surface area contributed by atoms with Gasteiger partial charge in [0.2, 0.25) is 5.95 Å². The van der Waals surface area contributed by atoms with Crippen LogP contribution < -0.4 is 21.7 Å². The molecule has 0 saturated carbocycles. The molecule has 184 valence electrons. The molecule has 0 bridgehead atoms. The Labute approximate surface area is 214 Å². The molecule has 1 aliphatic heterocycles. The number of aromatic nitrogens is 4. The van der Waals surface area contributed by atoms with Crippen LogP contribution in [0.3, 0.4) is 0 Å². The quantitative estimate of drug-likeness (QED) is 0.364. The van der Waals surface area contributed by atoms with E-state index in [1.165, 1.54) is 17.3 Å². The van der Waals surface area contributed by atoms with Gasteiger partial charge < -0.3 is 21.7 Å². The van der Waals surface area contributed by atoms with Gasteiger partial charge in [0.05, 0.1) is 12.4 Å². The van der Waals surface area contributed by atoms with Gasteiger partial charge in [0.25, 0.3) is 5.91 Å². The molecule has 2 aromatic heterocycles. The Kier molecular flexibility index (Phi) is 6.76. The highest BCUT2D eigenvalue weighted by Gasteiger charge is 2.46. The predicted molar refractivity (Wildman–Crippen MR) is 139 cm³/mol. The summed E-state index contributed by atoms with van der Waals surface area (Å²) in [7, 11) is 0. The molecule has 5 rings (SSSR count). The molecule has 2 aliphatic rings. The Morgan fingerprint density at radius 2 is 2.03 bits per heavy atom. The number of carbonyl (C=O) groups excluding carboxylic acids is 1. The number of nitrogens with two attached hydrogens (primary N) is 2. The van der Waals surface area contributed by atoms with Crippen LogP contribution in [-0.2, 0) is 11.2 Å². The smallest absolute Gasteiger partial charge is 0.296 e. The van der Waals surface area contributed by atoms with Crippen LogP contribution in [0.4, 0.5) is 11.8 Å². The molecule has 1 amide bonds. The minimum atomic E-state index is -0.264. The summed E-state index contributed by atoms with van der Waals surface area (Å²) in [6.45, 7) is 4.18. The predicted octanol–water partition coefficient (Wildman–Crippen LogP) is 2.33. The molecule has 1 atom stereocenters. The third-order valence-corrected chi connectivity index (χ3v) is 7.75. The number of nitrogen functional groups attached to an aromatic ring is 1. The number of hydrogen-bond acceptors (Lipinski definition) is 9. The highest BCUT2D eigenvalue weighted by atomic mass is 32.2. The standard InChI is InChI=1S/C26H28N8OS/c1-2-29-21(35)6-4-17-3-5-18-14-26(24(27)19(18)13-17)8-11-34(12-9-26)20-15-32-23(16-31-20)36-22-7-10-30-25(28)33-22/h3,5,7,10,13,15-16,24H,2,8-9,11-12,14,27H2,1H3,(H,29,35)(H2,28,30,33)/t24-/m1/s1. The van der Waals surface area contributed by atoms with Crippen molar-refractivity contribution in [1.29, 1.82) is 0 Å². The first-order chi connectivity index (χ1) is 17.5. The van der Waals surface area contributed by atoms with Crippen LogP contribution in [0.15, 0.2) is 52.9 Å². The van der Waals surface area contributed by atoms with Gasteiger partial charge in [-0.25, -0.2) is 19.9 Å². The normalized spacial score (nSPS) is 17.8. The molecule has 3 heterocycles. The Morgan fingerprint density at radius 3 is 2.75 bits per heavy atom. The molecule has 10 heteroatoms. The largest absolute Gasteiger partial charge is 0.368 e. The molecule has 0 unspecified atom stereocenters. The van der Waals surface area contributed by atoms with Crippen LogP contribution in [0, 0.1) is 17.3 Å². The van der Waals surface area contributed by atoms with Crippen LogP contribution in [0.25, 0.3) is 0 Å². The zero-order chi connectivity index (χ0) is 25.1. The molecule has 1 spiro atoms. The lowest BCUT2D eigenvalue weighted by Gasteiger charge is -2.42. The Hall–Kier alpha value is -3.68. The number of hydrogen-bond donors (Lipinski definition) is 3. The van der Waals surface area contributed by atoms with Crippen LogP contribution in [0.5, 0.6) is 0 Å². The first kappa shape index (κ1) is 24.0. The van der Waals surface area contributed by atoms with Crippen molar-refractivity contribution in [2.75, 3.05) is 30.3 Å². The summed E-state index contributed by atoms with van der Waals surface area (Å²) in [5.41, 5.74) is 15.8. The fourth-order valence-corrected chi connectivity index (χ4v) is 5.68. The van der Waals surface area contributed by atoms with Gasteiger partial charge in [0.1, 0.15) is 15.9 Å². The van der Waals surface area contributed by atoms with Crippen molar-refractivity contribution in [1.82, 2.24) is 25.3 Å². The zero-order valence-corrected chi connectivity index (χ0v) is 20.9. The molecule has 36 heavy (non-hydrogen) atoms. The van der Waals surface area contributed by atoms with Crippen molar-refractivity contribution in [3.63, 3.8) is 0 Å². The molecular formula is C26H28N8OS. The maximum atomic E-state index is 11.7. The number of carbonyl (C=O) groups is 1. The lowest BCUT2D eigenvalue weighted by molar-refractivity contribution is -0.115. The van der Waals surface area contributed by atoms with E-state index >= 15 is 0 Å². The minimum Gasteiger partial charge on any atom is -0.368 e. The number of fused-ring (bicyclic) bond motifs is 1. The Bertz CT molecular complexity index is 1330. The van der Waals surface area contributed by atoms with E-state index in [9.17, 15) is 4.79 Å². The lowest BCUT2D eigenvalue weighted by atomic mass is 9.73. The van der Waals surface area contributed by atoms with Crippen molar-refractivity contribution >= 4 is 29.4 Å². The molecular weight excluding hydrogens is 472 g/mol. The fraction of sp³-hybridized carbons (Fsp3) is 0.346. The summed E-state index contributed by atoms with van der Waals surface area (Å²) in [6.07, 6.45) is 8.12. The number of rotatable bonds is 4. The van der Waals surface area contributed by atoms with Crippen molar-refractivity contribution in [2.24, 2.45) is 11.1 Å². The van der Waals surface area contributed by atoms with E-state index in [2.05, 4.69) is 54.1 Å². The van der Waals surface area contributed by atoms with E-state index in [-0.39, 0.29) is 23.3 Å². The van der Waals surface area contributed by atoms with Gasteiger partial charge in [-0.05, 0) is 72.7 Å². The van der Waals surface area contributed by atoms with E-state index in [1.54, 1.807) is 18.5 Å². The number of anilines is 2. The highest BCUT2D eigenvalue weighted by molar-refractivity contribution is 7.99. The average molecular weight is 501 g/mol. The zero-order valence-electron chi connectivity index (χ0n) is 20.1. The van der Waals surface area contributed by atoms with Crippen LogP contribution in [-0.4, -0.2) is 45.5 Å². The minimum absolute atomic E-state index is 0.0284. The number of piperidine rings is 1. The molecule has 0 radical (unpaired) electrons. The summed E-state index contributed by atoms with van der Waals surface area (Å²) in [6, 6.07) is 7.90. The Morgan fingerprint density at radius 1 is 1.19 bits per heavy atom. The van der Waals surface area contributed by atoms with E-state index in [0.717, 1.165) is 59.3 Å². The molecule has 1 fully saturated rings. The SMILES string of the molecule is CCNC(=O)C#Cc1ccc2c(c1)[C@@H](N)C1(CCN(c3cnc(Sc4ccnc(N)n4)cn3)CC1)C2. The lowest BCUT2D eigenvalue weighted by Crippen LogP contribution is -2.44. The summed E-state index contributed by atoms with van der Waals surface area (Å²) in [5, 5.41) is 4.18. The second-order valence-electron chi connectivity index (χ2n) is 9.09. The number of benzene rings is 1. The van der Waals surface area contributed by atoms with Gasteiger partial charge in [-0.2, -0.15) is 0 Å². The third kappa shape index (κ3) is 4.98. The maximum Gasteiger partial charge on any atom is 0.296 e. The number of nitrogens with zero attached hydrogens (tertiary/aromatic N) is 5. The molecule has 1 saturated heterocycles. The van der Waals surface area contributed by atoms with Gasteiger partial charge in [-0.3, -0.25) is 4.79 Å². The summed E-state index contributed by atoms with van der Waals surface area (Å²) in [5.74, 6) is 6.45. The van der Waals surface area contributed by atoms with Crippen molar-refractivity contribution in [3.8, 4) is 11.8 Å². The fourth-order valence-electron chi connectivity index (χ4n) is 4.99. The van der Waals surface area contributed by atoms with Crippen molar-refractivity contribution in [2.45, 2.75) is 42.3 Å². The second-order valence-corrected chi connectivity index (χ2v) is 10.1. The third-order valence-electron chi connectivity index (χ3n) is 6.90. The van der Waals surface area contributed by atoms with E-state index in [1.807, 2.05) is 19.2 Å². The molecule has 1 aromatic carbocycles.